The molecule has 0 aliphatic carbocycles. The van der Waals surface area contributed by atoms with E-state index in [2.05, 4.69) is 22.2 Å². The summed E-state index contributed by atoms with van der Waals surface area (Å²) in [5.41, 5.74) is 4.82. The Hall–Kier alpha value is -3.63. The van der Waals surface area contributed by atoms with E-state index in [1.54, 1.807) is 0 Å². The van der Waals surface area contributed by atoms with Gasteiger partial charge in [-0.15, -0.1) is 0 Å². The standard InChI is InChI=1S/C33H41N3O6/c1-36(19-17-28-6-4-5-18-34-28)22-29-20-30(26-13-11-25(23-37)12-14-26)42-33(41-29)27-15-9-24(10-16-27)21-35-31(38)7-2-3-8-32(39)40/h4-6,9-16,18,29-30,33,37H,2-3,7-8,17,19-23H2,1H3,(H,35,38)(H,39,40). The van der Waals surface area contributed by atoms with Crippen LogP contribution >= 0.6 is 0 Å². The van der Waals surface area contributed by atoms with E-state index < -0.39 is 12.3 Å². The lowest BCUT2D eigenvalue weighted by Crippen LogP contribution is -2.38. The maximum Gasteiger partial charge on any atom is 0.303 e. The molecule has 3 N–H and O–H groups in total. The smallest absolute Gasteiger partial charge is 0.303 e. The maximum atomic E-state index is 12.1. The fraction of sp³-hybridized carbons (Fsp3) is 0.424. The molecule has 0 spiro atoms. The van der Waals surface area contributed by atoms with Crippen molar-refractivity contribution in [1.29, 1.82) is 0 Å². The molecule has 2 heterocycles. The quantitative estimate of drug-likeness (QED) is 0.226. The Kier molecular flexibility index (Phi) is 12.0. The molecule has 1 aromatic heterocycles. The third-order valence-electron chi connectivity index (χ3n) is 7.39. The highest BCUT2D eigenvalue weighted by Crippen LogP contribution is 2.38. The molecule has 4 rings (SSSR count). The molecule has 1 amide bonds. The summed E-state index contributed by atoms with van der Waals surface area (Å²) in [6.45, 7) is 2.00. The average molecular weight is 576 g/mol. The molecule has 3 atom stereocenters. The summed E-state index contributed by atoms with van der Waals surface area (Å²) >= 11 is 0. The summed E-state index contributed by atoms with van der Waals surface area (Å²) in [5, 5.41) is 21.1. The molecule has 42 heavy (non-hydrogen) atoms. The van der Waals surface area contributed by atoms with Crippen LogP contribution in [0.1, 0.15) is 72.4 Å². The van der Waals surface area contributed by atoms with Crippen molar-refractivity contribution in [3.63, 3.8) is 0 Å². The summed E-state index contributed by atoms with van der Waals surface area (Å²) in [6.07, 6.45) is 4.06. The molecule has 0 bridgehead atoms. The Bertz CT molecular complexity index is 1250. The largest absolute Gasteiger partial charge is 0.481 e. The van der Waals surface area contributed by atoms with Gasteiger partial charge >= 0.3 is 5.97 Å². The summed E-state index contributed by atoms with van der Waals surface area (Å²) in [6, 6.07) is 21.7. The number of ether oxygens (including phenoxy) is 2. The van der Waals surface area contributed by atoms with Gasteiger partial charge in [0.05, 0.1) is 18.8 Å². The van der Waals surface area contributed by atoms with E-state index in [0.717, 1.165) is 47.5 Å². The zero-order valence-electron chi connectivity index (χ0n) is 24.2. The second-order valence-electron chi connectivity index (χ2n) is 10.8. The number of nitrogens with zero attached hydrogens (tertiary/aromatic N) is 2. The number of carbonyl (C=O) groups excluding carboxylic acids is 1. The molecule has 0 saturated carbocycles. The first-order chi connectivity index (χ1) is 20.4. The topological polar surface area (TPSA) is 121 Å². The Morgan fingerprint density at radius 1 is 0.952 bits per heavy atom. The van der Waals surface area contributed by atoms with Gasteiger partial charge in [0.25, 0.3) is 0 Å². The van der Waals surface area contributed by atoms with Gasteiger partial charge in [-0.2, -0.15) is 0 Å². The monoisotopic (exact) mass is 575 g/mol. The molecule has 3 unspecified atom stereocenters. The number of aliphatic hydroxyl groups excluding tert-OH is 1. The molecule has 224 valence electrons. The fourth-order valence-corrected chi connectivity index (χ4v) is 4.97. The SMILES string of the molecule is CN(CCc1ccccn1)CC1CC(c2ccc(CO)cc2)OC(c2ccc(CNC(=O)CCCCC(=O)O)cc2)O1. The molecular weight excluding hydrogens is 534 g/mol. The molecule has 3 aromatic rings. The van der Waals surface area contributed by atoms with E-state index in [4.69, 9.17) is 14.6 Å². The lowest BCUT2D eigenvalue weighted by atomic mass is 9.99. The third kappa shape index (κ3) is 10.0. The molecule has 1 saturated heterocycles. The van der Waals surface area contributed by atoms with Crippen molar-refractivity contribution in [3.05, 3.63) is 101 Å². The number of hydrogen-bond acceptors (Lipinski definition) is 7. The second-order valence-corrected chi connectivity index (χ2v) is 10.8. The number of pyridine rings is 1. The first-order valence-electron chi connectivity index (χ1n) is 14.6. The number of aromatic nitrogens is 1. The van der Waals surface area contributed by atoms with Gasteiger partial charge in [-0.25, -0.2) is 0 Å². The van der Waals surface area contributed by atoms with Crippen LogP contribution < -0.4 is 5.32 Å². The van der Waals surface area contributed by atoms with Crippen molar-refractivity contribution in [3.8, 4) is 0 Å². The van der Waals surface area contributed by atoms with Gasteiger partial charge in [0.2, 0.25) is 5.91 Å². The number of aliphatic hydroxyl groups is 1. The zero-order valence-corrected chi connectivity index (χ0v) is 24.2. The number of carboxylic acids is 1. The Labute approximate surface area is 247 Å². The van der Waals surface area contributed by atoms with E-state index >= 15 is 0 Å². The van der Waals surface area contributed by atoms with Crippen LogP contribution in [0.25, 0.3) is 0 Å². The molecular formula is C33H41N3O6. The number of amides is 1. The molecule has 0 radical (unpaired) electrons. The van der Waals surface area contributed by atoms with Crippen LogP contribution in [0.2, 0.25) is 0 Å². The molecule has 1 fully saturated rings. The van der Waals surface area contributed by atoms with Gasteiger partial charge in [0.1, 0.15) is 0 Å². The van der Waals surface area contributed by atoms with E-state index in [-0.39, 0.29) is 31.1 Å². The van der Waals surface area contributed by atoms with Gasteiger partial charge < -0.3 is 29.9 Å². The van der Waals surface area contributed by atoms with Gasteiger partial charge in [-0.3, -0.25) is 14.6 Å². The van der Waals surface area contributed by atoms with E-state index in [9.17, 15) is 14.7 Å². The van der Waals surface area contributed by atoms with Crippen molar-refractivity contribution in [1.82, 2.24) is 15.2 Å². The number of likely N-dealkylation sites (N-methyl/N-ethyl adjacent to an activating group) is 1. The lowest BCUT2D eigenvalue weighted by molar-refractivity contribution is -0.252. The van der Waals surface area contributed by atoms with Crippen molar-refractivity contribution in [2.45, 2.75) is 70.2 Å². The highest BCUT2D eigenvalue weighted by Gasteiger charge is 2.32. The Balaban J connectivity index is 1.36. The number of carboxylic acid groups (broad SMARTS) is 1. The molecule has 9 nitrogen and oxygen atoms in total. The van der Waals surface area contributed by atoms with Crippen LogP contribution in [0, 0.1) is 0 Å². The minimum Gasteiger partial charge on any atom is -0.481 e. The van der Waals surface area contributed by atoms with E-state index in [1.807, 2.05) is 72.9 Å². The van der Waals surface area contributed by atoms with Crippen LogP contribution in [-0.2, 0) is 38.6 Å². The number of hydrogen-bond donors (Lipinski definition) is 3. The van der Waals surface area contributed by atoms with Crippen molar-refractivity contribution >= 4 is 11.9 Å². The lowest BCUT2D eigenvalue weighted by Gasteiger charge is -2.38. The van der Waals surface area contributed by atoms with Crippen molar-refractivity contribution in [2.75, 3.05) is 20.1 Å². The average Bonchev–Trinajstić information content (AvgIpc) is 3.01. The van der Waals surface area contributed by atoms with E-state index in [0.29, 0.717) is 32.2 Å². The minimum absolute atomic E-state index is 0.00123. The number of aliphatic carboxylic acids is 1. The Morgan fingerprint density at radius 2 is 1.67 bits per heavy atom. The second kappa shape index (κ2) is 16.1. The number of rotatable bonds is 15. The Morgan fingerprint density at radius 3 is 2.36 bits per heavy atom. The van der Waals surface area contributed by atoms with Crippen LogP contribution in [0.15, 0.2) is 72.9 Å². The first-order valence-corrected chi connectivity index (χ1v) is 14.6. The minimum atomic E-state index is -0.841. The normalized spacial score (nSPS) is 18.6. The van der Waals surface area contributed by atoms with Crippen molar-refractivity contribution < 1.29 is 29.3 Å². The first kappa shape index (κ1) is 31.3. The molecule has 9 heteroatoms. The molecule has 1 aliphatic rings. The predicted octanol–water partition coefficient (Wildman–Crippen LogP) is 4.56. The van der Waals surface area contributed by atoms with Crippen LogP contribution in [0.4, 0.5) is 0 Å². The highest BCUT2D eigenvalue weighted by molar-refractivity contribution is 5.75. The molecule has 1 aliphatic heterocycles. The zero-order chi connectivity index (χ0) is 29.7. The number of unbranched alkanes of at least 4 members (excludes halogenated alkanes) is 1. The number of nitrogens with one attached hydrogen (secondary N) is 1. The van der Waals surface area contributed by atoms with Gasteiger partial charge in [-0.05, 0) is 48.7 Å². The summed E-state index contributed by atoms with van der Waals surface area (Å²) < 4.78 is 12.9. The predicted molar refractivity (Wildman–Crippen MR) is 158 cm³/mol. The van der Waals surface area contributed by atoms with Crippen LogP contribution in [0.5, 0.6) is 0 Å². The summed E-state index contributed by atoms with van der Waals surface area (Å²) in [5.74, 6) is -0.931. The van der Waals surface area contributed by atoms with Crippen molar-refractivity contribution in [2.24, 2.45) is 0 Å². The van der Waals surface area contributed by atoms with E-state index in [1.165, 1.54) is 0 Å². The molecule has 2 aromatic carbocycles. The number of carbonyl (C=O) groups is 2. The van der Waals surface area contributed by atoms with Crippen LogP contribution in [0.3, 0.4) is 0 Å². The summed E-state index contributed by atoms with van der Waals surface area (Å²) in [4.78, 5) is 29.4. The highest BCUT2D eigenvalue weighted by atomic mass is 16.7. The van der Waals surface area contributed by atoms with Gasteiger partial charge in [0, 0.05) is 62.8 Å². The summed E-state index contributed by atoms with van der Waals surface area (Å²) in [7, 11) is 2.09. The number of benzene rings is 2. The van der Waals surface area contributed by atoms with Crippen LogP contribution in [-0.4, -0.2) is 58.2 Å². The third-order valence-corrected chi connectivity index (χ3v) is 7.39. The van der Waals surface area contributed by atoms with Gasteiger partial charge in [-0.1, -0.05) is 54.6 Å². The maximum absolute atomic E-state index is 12.1. The fourth-order valence-electron chi connectivity index (χ4n) is 4.97. The van der Waals surface area contributed by atoms with Gasteiger partial charge in [0.15, 0.2) is 6.29 Å².